The van der Waals surface area contributed by atoms with E-state index in [4.69, 9.17) is 0 Å². The number of hydrogen-bond donors (Lipinski definition) is 2. The second kappa shape index (κ2) is 9.39. The molecule has 30 heavy (non-hydrogen) atoms. The van der Waals surface area contributed by atoms with Gasteiger partial charge in [-0.15, -0.1) is 0 Å². The molecular weight excluding hydrogens is 380 g/mol. The number of amides is 2. The van der Waals surface area contributed by atoms with Crippen molar-refractivity contribution in [3.8, 4) is 0 Å². The molecule has 2 N–H and O–H groups in total. The monoisotopic (exact) mass is 408 g/mol. The molecule has 0 fully saturated rings. The van der Waals surface area contributed by atoms with Crippen molar-refractivity contribution in [2.45, 2.75) is 47.2 Å². The fourth-order valence-electron chi connectivity index (χ4n) is 3.13. The van der Waals surface area contributed by atoms with Crippen molar-refractivity contribution >= 4 is 17.5 Å². The van der Waals surface area contributed by atoms with Gasteiger partial charge < -0.3 is 10.6 Å². The van der Waals surface area contributed by atoms with Gasteiger partial charge in [-0.3, -0.25) is 19.0 Å². The van der Waals surface area contributed by atoms with Gasteiger partial charge in [-0.25, -0.2) is 0 Å². The molecule has 0 bridgehead atoms. The summed E-state index contributed by atoms with van der Waals surface area (Å²) in [5.74, 6) is -0.576. The Hall–Kier alpha value is -3.42. The van der Waals surface area contributed by atoms with Crippen molar-refractivity contribution < 1.29 is 9.59 Å². The van der Waals surface area contributed by atoms with Crippen LogP contribution in [0.1, 0.15) is 58.1 Å². The lowest BCUT2D eigenvalue weighted by atomic mass is 10.1. The first-order valence-electron chi connectivity index (χ1n) is 10.2. The van der Waals surface area contributed by atoms with E-state index in [-0.39, 0.29) is 17.5 Å². The summed E-state index contributed by atoms with van der Waals surface area (Å²) in [6.07, 6.45) is 2.50. The van der Waals surface area contributed by atoms with Crippen molar-refractivity contribution in [1.82, 2.24) is 24.9 Å². The molecule has 2 amide bonds. The van der Waals surface area contributed by atoms with E-state index in [0.717, 1.165) is 23.4 Å². The molecule has 2 heterocycles. The van der Waals surface area contributed by atoms with E-state index >= 15 is 0 Å². The standard InChI is InChI=1S/C22H28N6O2/c1-5-11-23-22(30)20-19(14-27(6-2)26-20)24-21(29)18-9-7-17(8-10-18)13-28-16(4)12-15(3)25-28/h7-10,12,14H,5-6,11,13H2,1-4H3,(H,23,30)(H,24,29). The summed E-state index contributed by atoms with van der Waals surface area (Å²) < 4.78 is 3.57. The highest BCUT2D eigenvalue weighted by Crippen LogP contribution is 2.16. The Labute approximate surface area is 176 Å². The molecule has 0 saturated heterocycles. The van der Waals surface area contributed by atoms with Gasteiger partial charge in [-0.05, 0) is 51.0 Å². The van der Waals surface area contributed by atoms with Crippen LogP contribution in [0.5, 0.6) is 0 Å². The van der Waals surface area contributed by atoms with Gasteiger partial charge in [0, 0.05) is 30.5 Å². The minimum absolute atomic E-state index is 0.222. The summed E-state index contributed by atoms with van der Waals surface area (Å²) in [7, 11) is 0. The maximum atomic E-state index is 12.7. The number of benzene rings is 1. The molecule has 2 aromatic heterocycles. The Morgan fingerprint density at radius 3 is 2.37 bits per heavy atom. The van der Waals surface area contributed by atoms with Crippen molar-refractivity contribution in [2.24, 2.45) is 0 Å². The van der Waals surface area contributed by atoms with Crippen LogP contribution in [0.2, 0.25) is 0 Å². The number of aromatic nitrogens is 4. The van der Waals surface area contributed by atoms with E-state index in [9.17, 15) is 9.59 Å². The van der Waals surface area contributed by atoms with E-state index < -0.39 is 0 Å². The summed E-state index contributed by atoms with van der Waals surface area (Å²) >= 11 is 0. The van der Waals surface area contributed by atoms with Crippen LogP contribution in [-0.4, -0.2) is 37.9 Å². The van der Waals surface area contributed by atoms with Gasteiger partial charge in [-0.1, -0.05) is 19.1 Å². The quantitative estimate of drug-likeness (QED) is 0.599. The van der Waals surface area contributed by atoms with Crippen LogP contribution in [0.25, 0.3) is 0 Å². The van der Waals surface area contributed by atoms with Gasteiger partial charge in [0.15, 0.2) is 5.69 Å². The van der Waals surface area contributed by atoms with Crippen molar-refractivity contribution in [3.63, 3.8) is 0 Å². The number of rotatable bonds is 8. The summed E-state index contributed by atoms with van der Waals surface area (Å²) in [6, 6.07) is 9.41. The third-order valence-corrected chi connectivity index (χ3v) is 4.74. The van der Waals surface area contributed by atoms with Crippen molar-refractivity contribution in [3.05, 3.63) is 64.7 Å². The average Bonchev–Trinajstić information content (AvgIpc) is 3.28. The predicted octanol–water partition coefficient (Wildman–Crippen LogP) is 3.16. The van der Waals surface area contributed by atoms with Crippen LogP contribution in [0.4, 0.5) is 5.69 Å². The SMILES string of the molecule is CCCNC(=O)c1nn(CC)cc1NC(=O)c1ccc(Cn2nc(C)cc2C)cc1. The van der Waals surface area contributed by atoms with Crippen LogP contribution in [0, 0.1) is 13.8 Å². The first-order chi connectivity index (χ1) is 14.4. The molecular formula is C22H28N6O2. The third-order valence-electron chi connectivity index (χ3n) is 4.74. The van der Waals surface area contributed by atoms with Gasteiger partial charge >= 0.3 is 0 Å². The number of carbonyl (C=O) groups excluding carboxylic acids is 2. The Kier molecular flexibility index (Phi) is 6.66. The van der Waals surface area contributed by atoms with Crippen LogP contribution in [-0.2, 0) is 13.1 Å². The topological polar surface area (TPSA) is 93.8 Å². The maximum absolute atomic E-state index is 12.7. The van der Waals surface area contributed by atoms with Crippen LogP contribution in [0.15, 0.2) is 36.5 Å². The molecule has 158 valence electrons. The molecule has 3 rings (SSSR count). The smallest absolute Gasteiger partial charge is 0.273 e. The minimum atomic E-state index is -0.292. The highest BCUT2D eigenvalue weighted by Gasteiger charge is 2.18. The third kappa shape index (κ3) is 4.94. The molecule has 8 nitrogen and oxygen atoms in total. The zero-order chi connectivity index (χ0) is 21.7. The number of aryl methyl sites for hydroxylation is 3. The summed E-state index contributed by atoms with van der Waals surface area (Å²) in [5, 5.41) is 14.4. The Balaban J connectivity index is 1.72. The molecule has 0 unspecified atom stereocenters. The highest BCUT2D eigenvalue weighted by atomic mass is 16.2. The van der Waals surface area contributed by atoms with E-state index in [1.54, 1.807) is 23.0 Å². The van der Waals surface area contributed by atoms with Gasteiger partial charge in [0.25, 0.3) is 11.8 Å². The first-order valence-corrected chi connectivity index (χ1v) is 10.2. The number of nitrogens with zero attached hydrogens (tertiary/aromatic N) is 4. The Morgan fingerprint density at radius 1 is 1.03 bits per heavy atom. The van der Waals surface area contributed by atoms with E-state index in [0.29, 0.717) is 30.9 Å². The fourth-order valence-corrected chi connectivity index (χ4v) is 3.13. The summed E-state index contributed by atoms with van der Waals surface area (Å²) in [6.45, 7) is 9.69. The largest absolute Gasteiger partial charge is 0.351 e. The number of anilines is 1. The lowest BCUT2D eigenvalue weighted by Crippen LogP contribution is -2.26. The molecule has 0 aliphatic carbocycles. The molecule has 0 radical (unpaired) electrons. The Bertz CT molecular complexity index is 1030. The summed E-state index contributed by atoms with van der Waals surface area (Å²) in [4.78, 5) is 25.1. The van der Waals surface area contributed by atoms with Gasteiger partial charge in [0.05, 0.1) is 17.9 Å². The molecule has 0 aliphatic rings. The highest BCUT2D eigenvalue weighted by molar-refractivity contribution is 6.08. The molecule has 3 aromatic rings. The molecule has 0 saturated carbocycles. The summed E-state index contributed by atoms with van der Waals surface area (Å²) in [5.41, 5.74) is 4.26. The second-order valence-corrected chi connectivity index (χ2v) is 7.24. The lowest BCUT2D eigenvalue weighted by molar-refractivity contribution is 0.0948. The average molecular weight is 409 g/mol. The van der Waals surface area contributed by atoms with Gasteiger partial charge in [0.1, 0.15) is 0 Å². The van der Waals surface area contributed by atoms with Gasteiger partial charge in [0.2, 0.25) is 0 Å². The molecule has 0 aliphatic heterocycles. The molecule has 8 heteroatoms. The minimum Gasteiger partial charge on any atom is -0.351 e. The Morgan fingerprint density at radius 2 is 1.77 bits per heavy atom. The fraction of sp³-hybridized carbons (Fsp3) is 0.364. The normalized spacial score (nSPS) is 10.8. The molecule has 0 atom stereocenters. The molecule has 0 spiro atoms. The van der Waals surface area contributed by atoms with Crippen molar-refractivity contribution in [2.75, 3.05) is 11.9 Å². The van der Waals surface area contributed by atoms with Crippen LogP contribution >= 0.6 is 0 Å². The van der Waals surface area contributed by atoms with Gasteiger partial charge in [-0.2, -0.15) is 10.2 Å². The van der Waals surface area contributed by atoms with E-state index in [2.05, 4.69) is 20.8 Å². The van der Waals surface area contributed by atoms with Crippen LogP contribution < -0.4 is 10.6 Å². The predicted molar refractivity (Wildman–Crippen MR) is 116 cm³/mol. The number of hydrogen-bond acceptors (Lipinski definition) is 4. The number of nitrogens with one attached hydrogen (secondary N) is 2. The first kappa shape index (κ1) is 21.3. The van der Waals surface area contributed by atoms with E-state index in [1.807, 2.05) is 50.6 Å². The lowest BCUT2D eigenvalue weighted by Gasteiger charge is -2.08. The van der Waals surface area contributed by atoms with E-state index in [1.165, 1.54) is 0 Å². The second-order valence-electron chi connectivity index (χ2n) is 7.24. The van der Waals surface area contributed by atoms with Crippen molar-refractivity contribution in [1.29, 1.82) is 0 Å². The zero-order valence-electron chi connectivity index (χ0n) is 17.9. The van der Waals surface area contributed by atoms with Crippen LogP contribution in [0.3, 0.4) is 0 Å². The maximum Gasteiger partial charge on any atom is 0.273 e. The number of carbonyl (C=O) groups is 2. The zero-order valence-corrected chi connectivity index (χ0v) is 17.9. The molecule has 1 aromatic carbocycles.